The van der Waals surface area contributed by atoms with Crippen LogP contribution in [0.2, 0.25) is 5.02 Å². The summed E-state index contributed by atoms with van der Waals surface area (Å²) in [6.07, 6.45) is 0.362. The maximum absolute atomic E-state index is 11.6. The first-order valence-corrected chi connectivity index (χ1v) is 5.10. The number of nitrogens with one attached hydrogen (secondary N) is 1. The molecule has 0 radical (unpaired) electrons. The number of Topliss-reactive ketones (excluding diaryl/α,β-unsaturated/α-hetero) is 1. The second kappa shape index (κ2) is 4.04. The van der Waals surface area contributed by atoms with Crippen molar-refractivity contribution in [1.29, 1.82) is 0 Å². The topological polar surface area (TPSA) is 58.9 Å². The van der Waals surface area contributed by atoms with E-state index >= 15 is 0 Å². The molecule has 0 atom stereocenters. The van der Waals surface area contributed by atoms with Crippen LogP contribution in [0.1, 0.15) is 16.9 Å². The van der Waals surface area contributed by atoms with Gasteiger partial charge in [0.05, 0.1) is 5.69 Å². The van der Waals surface area contributed by atoms with Crippen molar-refractivity contribution in [1.82, 2.24) is 4.98 Å². The summed E-state index contributed by atoms with van der Waals surface area (Å²) >= 11 is 5.85. The van der Waals surface area contributed by atoms with Gasteiger partial charge in [0.1, 0.15) is 0 Å². The molecule has 3 nitrogen and oxygen atoms in total. The van der Waals surface area contributed by atoms with E-state index in [0.717, 1.165) is 10.9 Å². The van der Waals surface area contributed by atoms with Gasteiger partial charge in [-0.25, -0.2) is 0 Å². The Labute approximate surface area is 92.2 Å². The molecule has 4 heteroatoms. The van der Waals surface area contributed by atoms with Crippen LogP contribution in [0.5, 0.6) is 0 Å². The lowest BCUT2D eigenvalue weighted by Gasteiger charge is -1.92. The van der Waals surface area contributed by atoms with Crippen LogP contribution in [-0.4, -0.2) is 17.3 Å². The van der Waals surface area contributed by atoms with E-state index < -0.39 is 0 Å². The van der Waals surface area contributed by atoms with E-state index in [0.29, 0.717) is 23.7 Å². The fraction of sp³-hybridized carbons (Fsp3) is 0.182. The number of hydrogen-bond acceptors (Lipinski definition) is 2. The molecule has 0 unspecified atom stereocenters. The SMILES string of the molecule is NCCC(=O)c1cc2cc(Cl)ccc2[nH]1. The van der Waals surface area contributed by atoms with Gasteiger partial charge in [0.2, 0.25) is 0 Å². The number of H-pyrrole nitrogens is 1. The third-order valence-corrected chi connectivity index (χ3v) is 2.49. The molecule has 0 aliphatic rings. The normalized spacial score (nSPS) is 10.8. The maximum atomic E-state index is 11.6. The Bertz CT molecular complexity index is 504. The maximum Gasteiger partial charge on any atom is 0.180 e. The summed E-state index contributed by atoms with van der Waals surface area (Å²) in [6, 6.07) is 7.28. The molecule has 1 heterocycles. The number of aromatic amines is 1. The number of nitrogens with two attached hydrogens (primary N) is 1. The van der Waals surface area contributed by atoms with Crippen molar-refractivity contribution in [2.24, 2.45) is 5.73 Å². The van der Waals surface area contributed by atoms with Crippen LogP contribution in [0.4, 0.5) is 0 Å². The van der Waals surface area contributed by atoms with Crippen LogP contribution < -0.4 is 5.73 Å². The summed E-state index contributed by atoms with van der Waals surface area (Å²) in [7, 11) is 0. The smallest absolute Gasteiger partial charge is 0.180 e. The number of carbonyl (C=O) groups excluding carboxylic acids is 1. The van der Waals surface area contributed by atoms with Gasteiger partial charge in [-0.15, -0.1) is 0 Å². The number of fused-ring (bicyclic) bond motifs is 1. The van der Waals surface area contributed by atoms with Gasteiger partial charge in [-0.1, -0.05) is 11.6 Å². The zero-order valence-electron chi connectivity index (χ0n) is 8.09. The summed E-state index contributed by atoms with van der Waals surface area (Å²) in [4.78, 5) is 14.6. The first-order chi connectivity index (χ1) is 7.20. The van der Waals surface area contributed by atoms with Crippen molar-refractivity contribution >= 4 is 28.3 Å². The Morgan fingerprint density at radius 1 is 1.40 bits per heavy atom. The highest BCUT2D eigenvalue weighted by Crippen LogP contribution is 2.20. The van der Waals surface area contributed by atoms with Gasteiger partial charge in [0.15, 0.2) is 5.78 Å². The number of aromatic nitrogens is 1. The average molecular weight is 223 g/mol. The van der Waals surface area contributed by atoms with Crippen LogP contribution in [0.25, 0.3) is 10.9 Å². The summed E-state index contributed by atoms with van der Waals surface area (Å²) < 4.78 is 0. The van der Waals surface area contributed by atoms with Gasteiger partial charge in [-0.3, -0.25) is 4.79 Å². The third-order valence-electron chi connectivity index (χ3n) is 2.25. The van der Waals surface area contributed by atoms with Crippen molar-refractivity contribution in [2.75, 3.05) is 6.54 Å². The van der Waals surface area contributed by atoms with E-state index in [1.54, 1.807) is 12.1 Å². The lowest BCUT2D eigenvalue weighted by Crippen LogP contribution is -2.08. The van der Waals surface area contributed by atoms with Gasteiger partial charge in [-0.05, 0) is 30.8 Å². The molecule has 0 bridgehead atoms. The zero-order chi connectivity index (χ0) is 10.8. The van der Waals surface area contributed by atoms with Crippen LogP contribution in [-0.2, 0) is 0 Å². The average Bonchev–Trinajstić information content (AvgIpc) is 2.60. The Kier molecular flexibility index (Phi) is 2.75. The highest BCUT2D eigenvalue weighted by Gasteiger charge is 2.08. The Morgan fingerprint density at radius 2 is 2.20 bits per heavy atom. The van der Waals surface area contributed by atoms with E-state index in [2.05, 4.69) is 4.98 Å². The van der Waals surface area contributed by atoms with Gasteiger partial charge in [-0.2, -0.15) is 0 Å². The monoisotopic (exact) mass is 222 g/mol. The Hall–Kier alpha value is -1.32. The van der Waals surface area contributed by atoms with Crippen molar-refractivity contribution < 1.29 is 4.79 Å². The zero-order valence-corrected chi connectivity index (χ0v) is 8.84. The van der Waals surface area contributed by atoms with Gasteiger partial charge in [0.25, 0.3) is 0 Å². The number of rotatable bonds is 3. The summed E-state index contributed by atoms with van der Waals surface area (Å²) in [5, 5.41) is 1.61. The van der Waals surface area contributed by atoms with E-state index in [9.17, 15) is 4.79 Å². The number of halogens is 1. The molecule has 2 aromatic rings. The van der Waals surface area contributed by atoms with Gasteiger partial charge >= 0.3 is 0 Å². The second-order valence-electron chi connectivity index (χ2n) is 3.38. The fourth-order valence-corrected chi connectivity index (χ4v) is 1.70. The van der Waals surface area contributed by atoms with Crippen molar-refractivity contribution in [3.05, 3.63) is 35.0 Å². The van der Waals surface area contributed by atoms with Crippen molar-refractivity contribution in [3.63, 3.8) is 0 Å². The lowest BCUT2D eigenvalue weighted by molar-refractivity contribution is 0.0981. The summed E-state index contributed by atoms with van der Waals surface area (Å²) in [5.41, 5.74) is 6.84. The molecule has 0 saturated carbocycles. The second-order valence-corrected chi connectivity index (χ2v) is 3.81. The van der Waals surface area contributed by atoms with E-state index in [1.807, 2.05) is 12.1 Å². The molecule has 0 spiro atoms. The van der Waals surface area contributed by atoms with E-state index in [1.165, 1.54) is 0 Å². The Balaban J connectivity index is 2.42. The van der Waals surface area contributed by atoms with Crippen LogP contribution in [0.15, 0.2) is 24.3 Å². The largest absolute Gasteiger partial charge is 0.352 e. The minimum Gasteiger partial charge on any atom is -0.352 e. The molecule has 3 N–H and O–H groups in total. The predicted molar refractivity (Wildman–Crippen MR) is 61.3 cm³/mol. The van der Waals surface area contributed by atoms with Crippen LogP contribution in [0, 0.1) is 0 Å². The Morgan fingerprint density at radius 3 is 2.93 bits per heavy atom. The molecule has 0 aliphatic heterocycles. The van der Waals surface area contributed by atoms with Gasteiger partial charge in [0, 0.05) is 22.3 Å². The third kappa shape index (κ3) is 2.03. The molecular formula is C11H11ClN2O. The van der Waals surface area contributed by atoms with E-state index in [4.69, 9.17) is 17.3 Å². The van der Waals surface area contributed by atoms with Crippen LogP contribution >= 0.6 is 11.6 Å². The molecule has 0 amide bonds. The molecule has 15 heavy (non-hydrogen) atoms. The molecule has 0 fully saturated rings. The molecule has 78 valence electrons. The van der Waals surface area contributed by atoms with E-state index in [-0.39, 0.29) is 5.78 Å². The summed E-state index contributed by atoms with van der Waals surface area (Å²) in [6.45, 7) is 0.370. The van der Waals surface area contributed by atoms with Gasteiger partial charge < -0.3 is 10.7 Å². The number of carbonyl (C=O) groups is 1. The first kappa shape index (κ1) is 10.2. The minimum atomic E-state index is 0.0322. The highest BCUT2D eigenvalue weighted by atomic mass is 35.5. The van der Waals surface area contributed by atoms with Crippen LogP contribution in [0.3, 0.4) is 0 Å². The number of ketones is 1. The fourth-order valence-electron chi connectivity index (χ4n) is 1.52. The molecular weight excluding hydrogens is 212 g/mol. The predicted octanol–water partition coefficient (Wildman–Crippen LogP) is 2.35. The standard InChI is InChI=1S/C11H11ClN2O/c12-8-1-2-9-7(5-8)6-10(14-9)11(15)3-4-13/h1-2,5-6,14H,3-4,13H2. The van der Waals surface area contributed by atoms with Crippen molar-refractivity contribution in [2.45, 2.75) is 6.42 Å². The molecule has 0 aliphatic carbocycles. The first-order valence-electron chi connectivity index (χ1n) is 4.72. The number of hydrogen-bond donors (Lipinski definition) is 2. The molecule has 1 aromatic carbocycles. The summed E-state index contributed by atoms with van der Waals surface area (Å²) in [5.74, 6) is 0.0322. The molecule has 0 saturated heterocycles. The quantitative estimate of drug-likeness (QED) is 0.784. The highest BCUT2D eigenvalue weighted by molar-refractivity contribution is 6.31. The number of benzene rings is 1. The van der Waals surface area contributed by atoms with Crippen molar-refractivity contribution in [3.8, 4) is 0 Å². The minimum absolute atomic E-state index is 0.0322. The molecule has 1 aromatic heterocycles. The lowest BCUT2D eigenvalue weighted by atomic mass is 10.2. The molecule has 2 rings (SSSR count).